The molecule has 116 valence electrons. The number of nitrogens with one attached hydrogen (secondary N) is 2. The van der Waals surface area contributed by atoms with Crippen LogP contribution in [0.3, 0.4) is 0 Å². The van der Waals surface area contributed by atoms with E-state index in [1.165, 1.54) is 0 Å². The maximum absolute atomic E-state index is 11.8. The molecule has 0 radical (unpaired) electrons. The molecule has 2 amide bonds. The Morgan fingerprint density at radius 2 is 1.95 bits per heavy atom. The molecule has 6 heteroatoms. The van der Waals surface area contributed by atoms with Gasteiger partial charge in [-0.3, -0.25) is 9.59 Å². The molecule has 0 atom stereocenters. The third-order valence-corrected chi connectivity index (χ3v) is 3.22. The van der Waals surface area contributed by atoms with Crippen molar-refractivity contribution in [3.63, 3.8) is 0 Å². The molecule has 0 bridgehead atoms. The van der Waals surface area contributed by atoms with E-state index in [9.17, 15) is 9.59 Å². The third-order valence-electron chi connectivity index (χ3n) is 3.22. The zero-order valence-electron chi connectivity index (χ0n) is 12.7. The number of rotatable bonds is 6. The molecule has 0 fully saturated rings. The van der Waals surface area contributed by atoms with Gasteiger partial charge in [0.2, 0.25) is 11.8 Å². The van der Waals surface area contributed by atoms with Gasteiger partial charge in [-0.2, -0.15) is 0 Å². The lowest BCUT2D eigenvalue weighted by Crippen LogP contribution is -2.33. The predicted octanol–water partition coefficient (Wildman–Crippen LogP) is 1.98. The van der Waals surface area contributed by atoms with Gasteiger partial charge < -0.3 is 15.2 Å². The summed E-state index contributed by atoms with van der Waals surface area (Å²) in [4.78, 5) is 23.4. The van der Waals surface area contributed by atoms with Crippen molar-refractivity contribution in [2.45, 2.75) is 26.7 Å². The van der Waals surface area contributed by atoms with Crippen LogP contribution in [-0.2, 0) is 16.0 Å². The maximum Gasteiger partial charge on any atom is 0.245 e. The molecule has 2 rings (SSSR count). The van der Waals surface area contributed by atoms with Crippen LogP contribution in [0.1, 0.15) is 23.3 Å². The van der Waals surface area contributed by atoms with E-state index in [2.05, 4.69) is 15.8 Å². The molecule has 22 heavy (non-hydrogen) atoms. The normalized spacial score (nSPS) is 10.3. The second kappa shape index (κ2) is 7.40. The third kappa shape index (κ3) is 4.73. The van der Waals surface area contributed by atoms with Gasteiger partial charge in [-0.05, 0) is 31.4 Å². The summed E-state index contributed by atoms with van der Waals surface area (Å²) in [7, 11) is 0. The average Bonchev–Trinajstić information content (AvgIpc) is 2.89. The van der Waals surface area contributed by atoms with Crippen molar-refractivity contribution in [1.29, 1.82) is 0 Å². The van der Waals surface area contributed by atoms with E-state index in [0.717, 1.165) is 11.1 Å². The van der Waals surface area contributed by atoms with Crippen LogP contribution >= 0.6 is 0 Å². The molecule has 1 aromatic carbocycles. The van der Waals surface area contributed by atoms with E-state index in [1.54, 1.807) is 13.0 Å². The Kier molecular flexibility index (Phi) is 5.30. The van der Waals surface area contributed by atoms with Gasteiger partial charge in [0.05, 0.1) is 6.54 Å². The first-order valence-electron chi connectivity index (χ1n) is 7.09. The maximum atomic E-state index is 11.8. The minimum atomic E-state index is -0.336. The quantitative estimate of drug-likeness (QED) is 0.854. The van der Waals surface area contributed by atoms with Crippen LogP contribution in [0, 0.1) is 13.8 Å². The Hall–Kier alpha value is -2.63. The number of amides is 2. The lowest BCUT2D eigenvalue weighted by molar-refractivity contribution is -0.124. The van der Waals surface area contributed by atoms with Crippen LogP contribution in [-0.4, -0.2) is 23.5 Å². The van der Waals surface area contributed by atoms with E-state index < -0.39 is 0 Å². The van der Waals surface area contributed by atoms with Crippen molar-refractivity contribution in [3.8, 4) is 0 Å². The van der Waals surface area contributed by atoms with Gasteiger partial charge in [0, 0.05) is 12.5 Å². The number of aromatic nitrogens is 1. The Balaban J connectivity index is 1.71. The van der Waals surface area contributed by atoms with Crippen molar-refractivity contribution >= 4 is 17.6 Å². The van der Waals surface area contributed by atoms with Gasteiger partial charge in [-0.1, -0.05) is 29.4 Å². The molecule has 2 aromatic rings. The Morgan fingerprint density at radius 1 is 1.18 bits per heavy atom. The number of nitrogens with zero attached hydrogens (tertiary/aromatic N) is 1. The number of hydrogen-bond acceptors (Lipinski definition) is 4. The topological polar surface area (TPSA) is 84.2 Å². The summed E-state index contributed by atoms with van der Waals surface area (Å²) in [6, 6.07) is 9.54. The standard InChI is InChI=1S/C16H19N3O3/c1-11-5-3-4-6-13(11)7-8-15(20)17-10-16(21)18-14-9-12(2)22-19-14/h3-6,9H,7-8,10H2,1-2H3,(H,17,20)(H,18,19,21). The van der Waals surface area contributed by atoms with Gasteiger partial charge in [0.25, 0.3) is 0 Å². The summed E-state index contributed by atoms with van der Waals surface area (Å²) in [5.74, 6) is 0.460. The van der Waals surface area contributed by atoms with Gasteiger partial charge >= 0.3 is 0 Å². The predicted molar refractivity (Wildman–Crippen MR) is 82.4 cm³/mol. The highest BCUT2D eigenvalue weighted by Crippen LogP contribution is 2.09. The molecule has 0 aliphatic carbocycles. The van der Waals surface area contributed by atoms with Gasteiger partial charge in [-0.15, -0.1) is 0 Å². The summed E-state index contributed by atoms with van der Waals surface area (Å²) < 4.78 is 4.84. The zero-order chi connectivity index (χ0) is 15.9. The number of hydrogen-bond donors (Lipinski definition) is 2. The Morgan fingerprint density at radius 3 is 2.64 bits per heavy atom. The molecule has 0 saturated carbocycles. The van der Waals surface area contributed by atoms with Crippen LogP contribution in [0.25, 0.3) is 0 Å². The van der Waals surface area contributed by atoms with E-state index in [1.807, 2.05) is 31.2 Å². The largest absolute Gasteiger partial charge is 0.360 e. The minimum absolute atomic E-state index is 0.0848. The monoisotopic (exact) mass is 301 g/mol. The summed E-state index contributed by atoms with van der Waals surface area (Å²) in [6.45, 7) is 3.66. The van der Waals surface area contributed by atoms with E-state index in [4.69, 9.17) is 4.52 Å². The molecule has 6 nitrogen and oxygen atoms in total. The first-order chi connectivity index (χ1) is 10.5. The van der Waals surface area contributed by atoms with Crippen molar-refractivity contribution in [2.75, 3.05) is 11.9 Å². The Labute approximate surface area is 128 Å². The van der Waals surface area contributed by atoms with Gasteiger partial charge in [0.1, 0.15) is 5.76 Å². The first-order valence-corrected chi connectivity index (χ1v) is 7.09. The van der Waals surface area contributed by atoms with Gasteiger partial charge in [-0.25, -0.2) is 0 Å². The SMILES string of the molecule is Cc1cc(NC(=O)CNC(=O)CCc2ccccc2C)no1. The first kappa shape index (κ1) is 15.8. The number of carbonyl (C=O) groups excluding carboxylic acids is 2. The van der Waals surface area contributed by atoms with Crippen LogP contribution in [0.2, 0.25) is 0 Å². The molecule has 0 spiro atoms. The highest BCUT2D eigenvalue weighted by molar-refractivity contribution is 5.93. The van der Waals surface area contributed by atoms with Crippen LogP contribution in [0.4, 0.5) is 5.82 Å². The second-order valence-electron chi connectivity index (χ2n) is 5.07. The fourth-order valence-corrected chi connectivity index (χ4v) is 2.02. The van der Waals surface area contributed by atoms with Crippen LogP contribution in [0.5, 0.6) is 0 Å². The highest BCUT2D eigenvalue weighted by Gasteiger charge is 2.09. The lowest BCUT2D eigenvalue weighted by atomic mass is 10.0. The molecule has 0 unspecified atom stereocenters. The van der Waals surface area contributed by atoms with Gasteiger partial charge in [0.15, 0.2) is 5.82 Å². The second-order valence-corrected chi connectivity index (χ2v) is 5.07. The molecule has 0 aliphatic rings. The molecule has 0 aliphatic heterocycles. The lowest BCUT2D eigenvalue weighted by Gasteiger charge is -2.06. The fourth-order valence-electron chi connectivity index (χ4n) is 2.02. The van der Waals surface area contributed by atoms with E-state index in [0.29, 0.717) is 24.4 Å². The number of anilines is 1. The van der Waals surface area contributed by atoms with Crippen LogP contribution < -0.4 is 10.6 Å². The fraction of sp³-hybridized carbons (Fsp3) is 0.312. The smallest absolute Gasteiger partial charge is 0.245 e. The van der Waals surface area contributed by atoms with Crippen molar-refractivity contribution in [1.82, 2.24) is 10.5 Å². The molecular weight excluding hydrogens is 282 g/mol. The van der Waals surface area contributed by atoms with Crippen LogP contribution in [0.15, 0.2) is 34.9 Å². The summed E-state index contributed by atoms with van der Waals surface area (Å²) >= 11 is 0. The summed E-state index contributed by atoms with van der Waals surface area (Å²) in [6.07, 6.45) is 1.00. The van der Waals surface area contributed by atoms with Crippen molar-refractivity contribution in [3.05, 3.63) is 47.2 Å². The minimum Gasteiger partial charge on any atom is -0.360 e. The summed E-state index contributed by atoms with van der Waals surface area (Å²) in [5, 5.41) is 8.78. The molecule has 2 N–H and O–H groups in total. The number of carbonyl (C=O) groups is 2. The van der Waals surface area contributed by atoms with E-state index in [-0.39, 0.29) is 18.4 Å². The molecular formula is C16H19N3O3. The molecule has 1 aromatic heterocycles. The molecule has 0 saturated heterocycles. The summed E-state index contributed by atoms with van der Waals surface area (Å²) in [5.41, 5.74) is 2.30. The van der Waals surface area contributed by atoms with Crippen molar-refractivity contribution in [2.24, 2.45) is 0 Å². The Bertz CT molecular complexity index is 664. The number of aryl methyl sites for hydroxylation is 3. The molecule has 1 heterocycles. The highest BCUT2D eigenvalue weighted by atomic mass is 16.5. The number of benzene rings is 1. The van der Waals surface area contributed by atoms with Crippen molar-refractivity contribution < 1.29 is 14.1 Å². The van der Waals surface area contributed by atoms with E-state index >= 15 is 0 Å². The zero-order valence-corrected chi connectivity index (χ0v) is 12.7. The average molecular weight is 301 g/mol.